The number of fused-ring (bicyclic) bond motifs is 1. The number of hydrogen-bond acceptors (Lipinski definition) is 5. The van der Waals surface area contributed by atoms with Gasteiger partial charge in [-0.2, -0.15) is 0 Å². The zero-order valence-corrected chi connectivity index (χ0v) is 12.4. The molecule has 3 rings (SSSR count). The fourth-order valence-electron chi connectivity index (χ4n) is 2.97. The molecule has 1 aliphatic heterocycles. The maximum absolute atomic E-state index is 9.76. The van der Waals surface area contributed by atoms with Crippen molar-refractivity contribution in [1.82, 2.24) is 4.98 Å². The molecule has 1 saturated heterocycles. The molecule has 2 heterocycles. The Morgan fingerprint density at radius 2 is 2.24 bits per heavy atom. The molecule has 21 heavy (non-hydrogen) atoms. The first kappa shape index (κ1) is 14.1. The van der Waals surface area contributed by atoms with E-state index in [2.05, 4.69) is 23.7 Å². The van der Waals surface area contributed by atoms with Crippen LogP contribution in [0.4, 0.5) is 5.82 Å². The number of morpholine rings is 1. The van der Waals surface area contributed by atoms with Gasteiger partial charge in [-0.1, -0.05) is 6.07 Å². The van der Waals surface area contributed by atoms with Crippen LogP contribution in [-0.2, 0) is 4.74 Å². The monoisotopic (exact) mass is 287 g/mol. The summed E-state index contributed by atoms with van der Waals surface area (Å²) in [5, 5.41) is 11.8. The van der Waals surface area contributed by atoms with E-state index in [0.717, 1.165) is 23.1 Å². The van der Waals surface area contributed by atoms with Crippen molar-refractivity contribution < 1.29 is 9.84 Å². The Bertz CT molecular complexity index is 657. The van der Waals surface area contributed by atoms with E-state index >= 15 is 0 Å². The Balaban J connectivity index is 2.05. The van der Waals surface area contributed by atoms with E-state index < -0.39 is 0 Å². The quantitative estimate of drug-likeness (QED) is 0.882. The van der Waals surface area contributed by atoms with Gasteiger partial charge in [-0.25, -0.2) is 4.98 Å². The van der Waals surface area contributed by atoms with Gasteiger partial charge in [-0.15, -0.1) is 0 Å². The van der Waals surface area contributed by atoms with E-state index in [0.29, 0.717) is 13.1 Å². The minimum Gasteiger partial charge on any atom is -0.508 e. The number of aromatic nitrogens is 1. The highest BCUT2D eigenvalue weighted by atomic mass is 16.5. The molecule has 2 aromatic rings. The molecule has 1 fully saturated rings. The molecule has 112 valence electrons. The second-order valence-corrected chi connectivity index (χ2v) is 6.16. The summed E-state index contributed by atoms with van der Waals surface area (Å²) in [5.41, 5.74) is 5.51. The minimum absolute atomic E-state index is 0.0110. The van der Waals surface area contributed by atoms with Gasteiger partial charge >= 0.3 is 0 Å². The van der Waals surface area contributed by atoms with Crippen molar-refractivity contribution in [3.05, 3.63) is 30.5 Å². The summed E-state index contributed by atoms with van der Waals surface area (Å²) >= 11 is 0. The predicted molar refractivity (Wildman–Crippen MR) is 83.6 cm³/mol. The van der Waals surface area contributed by atoms with Gasteiger partial charge in [0.1, 0.15) is 11.6 Å². The number of rotatable bonds is 2. The number of anilines is 1. The molecule has 1 aliphatic rings. The molecule has 0 amide bonds. The number of ether oxygens (including phenoxy) is 1. The fraction of sp³-hybridized carbons (Fsp3) is 0.438. The van der Waals surface area contributed by atoms with Crippen molar-refractivity contribution in [2.45, 2.75) is 25.6 Å². The van der Waals surface area contributed by atoms with E-state index in [-0.39, 0.29) is 17.5 Å². The summed E-state index contributed by atoms with van der Waals surface area (Å²) < 4.78 is 5.97. The first-order chi connectivity index (χ1) is 9.98. The summed E-state index contributed by atoms with van der Waals surface area (Å²) in [7, 11) is 0. The maximum Gasteiger partial charge on any atom is 0.136 e. The number of phenolic OH excluding ortho intramolecular Hbond substituents is 1. The maximum atomic E-state index is 9.76. The van der Waals surface area contributed by atoms with Crippen LogP contribution in [0.3, 0.4) is 0 Å². The lowest BCUT2D eigenvalue weighted by Crippen LogP contribution is -2.55. The van der Waals surface area contributed by atoms with Crippen molar-refractivity contribution in [3.63, 3.8) is 0 Å². The van der Waals surface area contributed by atoms with Crippen molar-refractivity contribution in [1.29, 1.82) is 0 Å². The standard InChI is InChI=1S/C16H21N3O2/c1-16(2)10-19(9-13(8-17)21-16)15-14-7-12(20)4-3-11(14)5-6-18-15/h3-7,13,20H,8-10,17H2,1-2H3. The molecule has 0 bridgehead atoms. The summed E-state index contributed by atoms with van der Waals surface area (Å²) in [5.74, 6) is 1.12. The number of phenols is 1. The Labute approximate surface area is 124 Å². The van der Waals surface area contributed by atoms with Gasteiger partial charge in [-0.3, -0.25) is 0 Å². The summed E-state index contributed by atoms with van der Waals surface area (Å²) in [6.45, 7) is 6.05. The number of nitrogens with two attached hydrogens (primary N) is 1. The lowest BCUT2D eigenvalue weighted by Gasteiger charge is -2.43. The van der Waals surface area contributed by atoms with Crippen LogP contribution in [0.15, 0.2) is 30.5 Å². The van der Waals surface area contributed by atoms with Crippen LogP contribution in [0.2, 0.25) is 0 Å². The lowest BCUT2D eigenvalue weighted by atomic mass is 10.0. The normalized spacial score (nSPS) is 21.7. The van der Waals surface area contributed by atoms with Crippen molar-refractivity contribution in [2.75, 3.05) is 24.5 Å². The third-order valence-corrected chi connectivity index (χ3v) is 3.77. The van der Waals surface area contributed by atoms with Gasteiger partial charge in [-0.05, 0) is 37.4 Å². The summed E-state index contributed by atoms with van der Waals surface area (Å²) in [4.78, 5) is 6.72. The number of nitrogens with zero attached hydrogens (tertiary/aromatic N) is 2. The smallest absolute Gasteiger partial charge is 0.136 e. The van der Waals surface area contributed by atoms with Gasteiger partial charge < -0.3 is 20.5 Å². The molecular weight excluding hydrogens is 266 g/mol. The molecule has 1 aromatic carbocycles. The highest BCUT2D eigenvalue weighted by Crippen LogP contribution is 2.31. The van der Waals surface area contributed by atoms with Gasteiger partial charge in [0.15, 0.2) is 0 Å². The molecule has 0 saturated carbocycles. The van der Waals surface area contributed by atoms with E-state index in [1.54, 1.807) is 18.3 Å². The lowest BCUT2D eigenvalue weighted by molar-refractivity contribution is -0.0789. The molecule has 0 aliphatic carbocycles. The summed E-state index contributed by atoms with van der Waals surface area (Å²) in [6, 6.07) is 7.31. The predicted octanol–water partition coefficient (Wildman–Crippen LogP) is 1.88. The fourth-order valence-corrected chi connectivity index (χ4v) is 2.97. The Morgan fingerprint density at radius 1 is 1.43 bits per heavy atom. The number of aromatic hydroxyl groups is 1. The molecule has 3 N–H and O–H groups in total. The van der Waals surface area contributed by atoms with Crippen LogP contribution in [0.5, 0.6) is 5.75 Å². The van der Waals surface area contributed by atoms with E-state index in [1.807, 2.05) is 12.1 Å². The second-order valence-electron chi connectivity index (χ2n) is 6.16. The molecule has 0 radical (unpaired) electrons. The molecule has 1 unspecified atom stereocenters. The van der Waals surface area contributed by atoms with Crippen LogP contribution in [0.1, 0.15) is 13.8 Å². The zero-order chi connectivity index (χ0) is 15.0. The molecule has 5 nitrogen and oxygen atoms in total. The Hall–Kier alpha value is -1.85. The molecule has 1 atom stereocenters. The van der Waals surface area contributed by atoms with Gasteiger partial charge in [0.05, 0.1) is 11.7 Å². The number of hydrogen-bond donors (Lipinski definition) is 2. The van der Waals surface area contributed by atoms with Crippen LogP contribution in [0.25, 0.3) is 10.8 Å². The Kier molecular flexibility index (Phi) is 3.47. The van der Waals surface area contributed by atoms with Crippen molar-refractivity contribution >= 4 is 16.6 Å². The topological polar surface area (TPSA) is 71.6 Å². The first-order valence-corrected chi connectivity index (χ1v) is 7.19. The SMILES string of the molecule is CC1(C)CN(c2nccc3ccc(O)cc23)CC(CN)O1. The third kappa shape index (κ3) is 2.80. The van der Waals surface area contributed by atoms with Crippen molar-refractivity contribution in [2.24, 2.45) is 5.73 Å². The molecule has 1 aromatic heterocycles. The van der Waals surface area contributed by atoms with E-state index in [9.17, 15) is 5.11 Å². The largest absolute Gasteiger partial charge is 0.508 e. The third-order valence-electron chi connectivity index (χ3n) is 3.77. The Morgan fingerprint density at radius 3 is 3.00 bits per heavy atom. The van der Waals surface area contributed by atoms with Crippen LogP contribution >= 0.6 is 0 Å². The summed E-state index contributed by atoms with van der Waals surface area (Å²) in [6.07, 6.45) is 1.79. The van der Waals surface area contributed by atoms with Gasteiger partial charge in [0, 0.05) is 31.2 Å². The van der Waals surface area contributed by atoms with E-state index in [1.165, 1.54) is 0 Å². The van der Waals surface area contributed by atoms with Gasteiger partial charge in [0.2, 0.25) is 0 Å². The molecule has 5 heteroatoms. The zero-order valence-electron chi connectivity index (χ0n) is 12.4. The van der Waals surface area contributed by atoms with E-state index in [4.69, 9.17) is 10.5 Å². The average molecular weight is 287 g/mol. The average Bonchev–Trinajstić information content (AvgIpc) is 2.44. The first-order valence-electron chi connectivity index (χ1n) is 7.19. The molecular formula is C16H21N3O2. The highest BCUT2D eigenvalue weighted by molar-refractivity contribution is 5.93. The van der Waals surface area contributed by atoms with Gasteiger partial charge in [0.25, 0.3) is 0 Å². The minimum atomic E-state index is -0.275. The number of benzene rings is 1. The highest BCUT2D eigenvalue weighted by Gasteiger charge is 2.33. The second kappa shape index (κ2) is 5.16. The van der Waals surface area contributed by atoms with Crippen LogP contribution in [0, 0.1) is 0 Å². The van der Waals surface area contributed by atoms with Crippen LogP contribution in [-0.4, -0.2) is 41.4 Å². The molecule has 0 spiro atoms. The van der Waals surface area contributed by atoms with Crippen molar-refractivity contribution in [3.8, 4) is 5.75 Å². The van der Waals surface area contributed by atoms with Crippen LogP contribution < -0.4 is 10.6 Å². The number of pyridine rings is 1.